The maximum absolute atomic E-state index is 13.7. The molecule has 0 aliphatic heterocycles. The Bertz CT molecular complexity index is 649. The van der Waals surface area contributed by atoms with Gasteiger partial charge >= 0.3 is 0 Å². The normalized spacial score (nSPS) is 11.0. The topological polar surface area (TPSA) is 48.0 Å². The Hall–Kier alpha value is -1.55. The summed E-state index contributed by atoms with van der Waals surface area (Å²) in [5, 5.41) is 0.711. The summed E-state index contributed by atoms with van der Waals surface area (Å²) in [4.78, 5) is 11.7. The summed E-state index contributed by atoms with van der Waals surface area (Å²) in [7, 11) is 1.51. The summed E-state index contributed by atoms with van der Waals surface area (Å²) in [6.45, 7) is 1.60. The van der Waals surface area contributed by atoms with Gasteiger partial charge in [-0.2, -0.15) is 0 Å². The largest absolute Gasteiger partial charge is 0.399 e. The summed E-state index contributed by atoms with van der Waals surface area (Å²) in [6, 6.07) is 2.74. The molecule has 1 aromatic carbocycles. The van der Waals surface area contributed by atoms with E-state index >= 15 is 0 Å². The van der Waals surface area contributed by atoms with Crippen molar-refractivity contribution in [3.05, 3.63) is 38.9 Å². The molecule has 2 N–H and O–H groups in total. The zero-order valence-corrected chi connectivity index (χ0v) is 9.60. The highest BCUT2D eigenvalue weighted by molar-refractivity contribution is 6.36. The third kappa shape index (κ3) is 1.38. The maximum Gasteiger partial charge on any atom is 0.255 e. The predicted molar refractivity (Wildman–Crippen MR) is 63.3 cm³/mol. The van der Waals surface area contributed by atoms with Crippen molar-refractivity contribution in [1.82, 2.24) is 4.57 Å². The number of hydrogen-bond donors (Lipinski definition) is 1. The van der Waals surface area contributed by atoms with E-state index in [2.05, 4.69) is 0 Å². The first-order chi connectivity index (χ1) is 7.43. The van der Waals surface area contributed by atoms with Gasteiger partial charge < -0.3 is 10.3 Å². The Kier molecular flexibility index (Phi) is 2.39. The van der Waals surface area contributed by atoms with Crippen LogP contribution in [0.1, 0.15) is 5.56 Å². The molecule has 5 heteroatoms. The van der Waals surface area contributed by atoms with Crippen LogP contribution < -0.4 is 11.3 Å². The van der Waals surface area contributed by atoms with Gasteiger partial charge in [-0.25, -0.2) is 4.39 Å². The van der Waals surface area contributed by atoms with Gasteiger partial charge in [0.1, 0.15) is 5.82 Å². The minimum absolute atomic E-state index is 0.176. The van der Waals surface area contributed by atoms with Crippen LogP contribution in [0.15, 0.2) is 16.9 Å². The van der Waals surface area contributed by atoms with Crippen LogP contribution in [0.25, 0.3) is 10.9 Å². The highest BCUT2D eigenvalue weighted by Gasteiger charge is 2.14. The Balaban J connectivity index is 3.15. The molecule has 3 nitrogen and oxygen atoms in total. The van der Waals surface area contributed by atoms with Gasteiger partial charge in [0.25, 0.3) is 5.56 Å². The molecule has 0 spiro atoms. The van der Waals surface area contributed by atoms with Crippen LogP contribution in [-0.2, 0) is 7.05 Å². The molecule has 16 heavy (non-hydrogen) atoms. The number of nitrogen functional groups attached to an aromatic ring is 1. The molecule has 0 aliphatic carbocycles. The fourth-order valence-corrected chi connectivity index (χ4v) is 2.00. The summed E-state index contributed by atoms with van der Waals surface area (Å²) < 4.78 is 14.9. The first-order valence-corrected chi connectivity index (χ1v) is 5.05. The number of nitrogens with zero attached hydrogens (tertiary/aromatic N) is 1. The van der Waals surface area contributed by atoms with E-state index in [9.17, 15) is 9.18 Å². The summed E-state index contributed by atoms with van der Waals surface area (Å²) in [6.07, 6.45) is 0. The van der Waals surface area contributed by atoms with Gasteiger partial charge in [-0.3, -0.25) is 4.79 Å². The van der Waals surface area contributed by atoms with Crippen molar-refractivity contribution < 1.29 is 4.39 Å². The number of pyridine rings is 1. The first-order valence-electron chi connectivity index (χ1n) is 4.67. The third-order valence-electron chi connectivity index (χ3n) is 2.61. The number of hydrogen-bond acceptors (Lipinski definition) is 2. The Morgan fingerprint density at radius 1 is 1.44 bits per heavy atom. The van der Waals surface area contributed by atoms with E-state index in [0.717, 1.165) is 0 Å². The SMILES string of the molecule is Cc1c(Cl)c2cc(N)cc(F)c2n(C)c1=O. The predicted octanol–water partition coefficient (Wildman–Crippen LogP) is 2.22. The third-order valence-corrected chi connectivity index (χ3v) is 3.10. The van der Waals surface area contributed by atoms with Gasteiger partial charge in [0.05, 0.1) is 10.5 Å². The molecule has 2 aromatic rings. The number of benzene rings is 1. The van der Waals surface area contributed by atoms with E-state index in [0.29, 0.717) is 10.9 Å². The lowest BCUT2D eigenvalue weighted by atomic mass is 10.1. The van der Waals surface area contributed by atoms with Crippen LogP contribution in [0.3, 0.4) is 0 Å². The second-order valence-electron chi connectivity index (χ2n) is 3.70. The number of nitrogens with two attached hydrogens (primary N) is 1. The van der Waals surface area contributed by atoms with Gasteiger partial charge in [0.2, 0.25) is 0 Å². The lowest BCUT2D eigenvalue weighted by Gasteiger charge is -2.10. The summed E-state index contributed by atoms with van der Waals surface area (Å²) in [5.74, 6) is -0.545. The average Bonchev–Trinajstić information content (AvgIpc) is 2.22. The molecule has 0 aliphatic rings. The standard InChI is InChI=1S/C11H10ClFN2O/c1-5-9(12)7-3-6(14)4-8(13)10(7)15(2)11(5)16/h3-4H,14H2,1-2H3. The second-order valence-corrected chi connectivity index (χ2v) is 4.08. The van der Waals surface area contributed by atoms with Crippen LogP contribution in [0, 0.1) is 12.7 Å². The number of aromatic nitrogens is 1. The summed E-state index contributed by atoms with van der Waals surface area (Å²) in [5.41, 5.74) is 6.09. The van der Waals surface area contributed by atoms with E-state index in [1.807, 2.05) is 0 Å². The quantitative estimate of drug-likeness (QED) is 0.718. The van der Waals surface area contributed by atoms with Crippen molar-refractivity contribution in [1.29, 1.82) is 0 Å². The minimum Gasteiger partial charge on any atom is -0.399 e. The lowest BCUT2D eigenvalue weighted by molar-refractivity contribution is 0.629. The Morgan fingerprint density at radius 3 is 2.69 bits per heavy atom. The average molecular weight is 241 g/mol. The van der Waals surface area contributed by atoms with Crippen molar-refractivity contribution >= 4 is 28.2 Å². The molecule has 0 fully saturated rings. The van der Waals surface area contributed by atoms with E-state index in [1.54, 1.807) is 13.0 Å². The number of anilines is 1. The molecular weight excluding hydrogens is 231 g/mol. The van der Waals surface area contributed by atoms with Gasteiger partial charge in [0, 0.05) is 23.7 Å². The smallest absolute Gasteiger partial charge is 0.255 e. The molecule has 0 radical (unpaired) electrons. The fraction of sp³-hybridized carbons (Fsp3) is 0.182. The van der Waals surface area contributed by atoms with Crippen LogP contribution in [-0.4, -0.2) is 4.57 Å². The van der Waals surface area contributed by atoms with E-state index < -0.39 is 5.82 Å². The minimum atomic E-state index is -0.545. The maximum atomic E-state index is 13.7. The Morgan fingerprint density at radius 2 is 2.06 bits per heavy atom. The Labute approximate surface area is 96.2 Å². The molecule has 0 unspecified atom stereocenters. The molecule has 84 valence electrons. The van der Waals surface area contributed by atoms with Crippen LogP contribution in [0.4, 0.5) is 10.1 Å². The molecule has 1 aromatic heterocycles. The fourth-order valence-electron chi connectivity index (χ4n) is 1.78. The molecule has 2 rings (SSSR count). The van der Waals surface area contributed by atoms with Gasteiger partial charge in [-0.05, 0) is 19.1 Å². The van der Waals surface area contributed by atoms with Gasteiger partial charge in [-0.15, -0.1) is 0 Å². The van der Waals surface area contributed by atoms with Crippen molar-refractivity contribution in [2.24, 2.45) is 7.05 Å². The highest BCUT2D eigenvalue weighted by atomic mass is 35.5. The van der Waals surface area contributed by atoms with Crippen molar-refractivity contribution in [3.63, 3.8) is 0 Å². The van der Waals surface area contributed by atoms with Gasteiger partial charge in [0.15, 0.2) is 0 Å². The zero-order chi connectivity index (χ0) is 12.0. The number of rotatable bonds is 0. The van der Waals surface area contributed by atoms with Crippen molar-refractivity contribution in [2.45, 2.75) is 6.92 Å². The molecule has 0 saturated carbocycles. The summed E-state index contributed by atoms with van der Waals surface area (Å²) >= 11 is 6.01. The molecule has 0 saturated heterocycles. The highest BCUT2D eigenvalue weighted by Crippen LogP contribution is 2.28. The molecular formula is C11H10ClFN2O. The second kappa shape index (κ2) is 3.49. The molecule has 1 heterocycles. The van der Waals surface area contributed by atoms with Gasteiger partial charge in [-0.1, -0.05) is 11.6 Å². The number of aryl methyl sites for hydroxylation is 1. The molecule has 0 atom stereocenters. The van der Waals surface area contributed by atoms with Crippen LogP contribution in [0.2, 0.25) is 5.02 Å². The van der Waals surface area contributed by atoms with Crippen LogP contribution in [0.5, 0.6) is 0 Å². The monoisotopic (exact) mass is 240 g/mol. The molecule has 0 bridgehead atoms. The molecule has 0 amide bonds. The van der Waals surface area contributed by atoms with E-state index in [1.165, 1.54) is 17.7 Å². The van der Waals surface area contributed by atoms with E-state index in [4.69, 9.17) is 17.3 Å². The van der Waals surface area contributed by atoms with Crippen molar-refractivity contribution in [3.8, 4) is 0 Å². The first kappa shape index (κ1) is 11.0. The number of halogens is 2. The number of fused-ring (bicyclic) bond motifs is 1. The lowest BCUT2D eigenvalue weighted by Crippen LogP contribution is -2.20. The van der Waals surface area contributed by atoms with Crippen LogP contribution >= 0.6 is 11.6 Å². The van der Waals surface area contributed by atoms with Crippen molar-refractivity contribution in [2.75, 3.05) is 5.73 Å². The zero-order valence-electron chi connectivity index (χ0n) is 8.84. The van der Waals surface area contributed by atoms with E-state index in [-0.39, 0.29) is 21.8 Å².